The molecule has 0 radical (unpaired) electrons. The Bertz CT molecular complexity index is 700. The number of aromatic nitrogens is 1. The maximum Gasteiger partial charge on any atom is 0.246 e. The Kier molecular flexibility index (Phi) is 6.07. The van der Waals surface area contributed by atoms with Gasteiger partial charge in [0, 0.05) is 31.6 Å². The molecule has 1 aromatic carbocycles. The van der Waals surface area contributed by atoms with Gasteiger partial charge in [-0.15, -0.1) is 0 Å². The number of carbonyl (C=O) groups is 1. The summed E-state index contributed by atoms with van der Waals surface area (Å²) in [4.78, 5) is 18.2. The second kappa shape index (κ2) is 8.50. The largest absolute Gasteiger partial charge is 0.335 e. The van der Waals surface area contributed by atoms with Crippen LogP contribution in [0.15, 0.2) is 54.9 Å². The van der Waals surface area contributed by atoms with Crippen molar-refractivity contribution in [2.24, 2.45) is 0 Å². The summed E-state index contributed by atoms with van der Waals surface area (Å²) in [5, 5.41) is 8.83. The molecule has 0 spiro atoms. The summed E-state index contributed by atoms with van der Waals surface area (Å²) in [7, 11) is 0. The van der Waals surface area contributed by atoms with Gasteiger partial charge < -0.3 is 4.90 Å². The summed E-state index contributed by atoms with van der Waals surface area (Å²) in [6.07, 6.45) is 7.66. The first-order valence-corrected chi connectivity index (χ1v) is 7.59. The molecular weight excluding hydrogens is 286 g/mol. The summed E-state index contributed by atoms with van der Waals surface area (Å²) in [5.41, 5.74) is 2.54. The van der Waals surface area contributed by atoms with Gasteiger partial charge in [0.05, 0.1) is 11.6 Å². The number of nitrogens with zero attached hydrogens (tertiary/aromatic N) is 3. The van der Waals surface area contributed by atoms with Crippen molar-refractivity contribution >= 4 is 12.0 Å². The highest BCUT2D eigenvalue weighted by Gasteiger charge is 2.10. The summed E-state index contributed by atoms with van der Waals surface area (Å²) in [5.74, 6) is -0.0277. The molecule has 0 saturated heterocycles. The molecule has 1 aromatic heterocycles. The summed E-state index contributed by atoms with van der Waals surface area (Å²) < 4.78 is 0. The quantitative estimate of drug-likeness (QED) is 0.768. The van der Waals surface area contributed by atoms with Crippen LogP contribution in [-0.4, -0.2) is 22.3 Å². The molecule has 0 unspecified atom stereocenters. The van der Waals surface area contributed by atoms with E-state index in [-0.39, 0.29) is 5.91 Å². The van der Waals surface area contributed by atoms with Crippen molar-refractivity contribution in [3.05, 3.63) is 71.6 Å². The predicted molar refractivity (Wildman–Crippen MR) is 90.1 cm³/mol. The van der Waals surface area contributed by atoms with Crippen LogP contribution in [-0.2, 0) is 11.3 Å². The molecule has 0 fully saturated rings. The normalized spacial score (nSPS) is 10.4. The molecule has 0 bridgehead atoms. The molecule has 0 aliphatic heterocycles. The number of pyridine rings is 1. The zero-order valence-electron chi connectivity index (χ0n) is 13.1. The number of hydrogen-bond acceptors (Lipinski definition) is 3. The Hall–Kier alpha value is -2.93. The van der Waals surface area contributed by atoms with E-state index in [0.29, 0.717) is 18.7 Å². The van der Waals surface area contributed by atoms with Gasteiger partial charge in [0.2, 0.25) is 5.91 Å². The van der Waals surface area contributed by atoms with E-state index >= 15 is 0 Å². The number of carbonyl (C=O) groups excluding carboxylic acids is 1. The molecule has 1 amide bonds. The highest BCUT2D eigenvalue weighted by atomic mass is 16.2. The first-order chi connectivity index (χ1) is 11.2. The van der Waals surface area contributed by atoms with Crippen LogP contribution in [0.5, 0.6) is 0 Å². The van der Waals surface area contributed by atoms with Crippen LogP contribution >= 0.6 is 0 Å². The zero-order chi connectivity index (χ0) is 16.5. The third kappa shape index (κ3) is 5.08. The highest BCUT2D eigenvalue weighted by Crippen LogP contribution is 2.09. The van der Waals surface area contributed by atoms with Crippen LogP contribution in [0.4, 0.5) is 0 Å². The number of amides is 1. The fraction of sp³-hybridized carbons (Fsp3) is 0.211. The molecule has 1 heterocycles. The number of benzene rings is 1. The van der Waals surface area contributed by atoms with Crippen molar-refractivity contribution in [3.8, 4) is 6.07 Å². The predicted octanol–water partition coefficient (Wildman–Crippen LogP) is 3.41. The lowest BCUT2D eigenvalue weighted by molar-refractivity contribution is -0.126. The molecule has 0 aliphatic carbocycles. The molecule has 4 nitrogen and oxygen atoms in total. The second-order valence-corrected chi connectivity index (χ2v) is 5.19. The molecule has 23 heavy (non-hydrogen) atoms. The first kappa shape index (κ1) is 16.4. The van der Waals surface area contributed by atoms with Gasteiger partial charge in [0.25, 0.3) is 0 Å². The van der Waals surface area contributed by atoms with Crippen molar-refractivity contribution in [2.45, 2.75) is 19.9 Å². The summed E-state index contributed by atoms with van der Waals surface area (Å²) in [6.45, 7) is 3.27. The van der Waals surface area contributed by atoms with Gasteiger partial charge in [-0.3, -0.25) is 9.78 Å². The van der Waals surface area contributed by atoms with E-state index < -0.39 is 0 Å². The van der Waals surface area contributed by atoms with Gasteiger partial charge >= 0.3 is 0 Å². The highest BCUT2D eigenvalue weighted by molar-refractivity contribution is 5.91. The van der Waals surface area contributed by atoms with Crippen LogP contribution in [0.2, 0.25) is 0 Å². The Morgan fingerprint density at radius 2 is 2.09 bits per heavy atom. The van der Waals surface area contributed by atoms with Crippen molar-refractivity contribution in [1.82, 2.24) is 9.88 Å². The molecule has 0 saturated carbocycles. The number of rotatable bonds is 6. The molecule has 0 N–H and O–H groups in total. The minimum atomic E-state index is -0.0277. The van der Waals surface area contributed by atoms with Gasteiger partial charge in [-0.1, -0.05) is 25.1 Å². The molecular formula is C19H19N3O. The van der Waals surface area contributed by atoms with E-state index in [2.05, 4.69) is 11.1 Å². The number of nitriles is 1. The van der Waals surface area contributed by atoms with E-state index in [1.54, 1.807) is 41.6 Å². The minimum absolute atomic E-state index is 0.0277. The average molecular weight is 305 g/mol. The van der Waals surface area contributed by atoms with E-state index in [1.165, 1.54) is 0 Å². The topological polar surface area (TPSA) is 57.0 Å². The SMILES string of the molecule is CCCN(Cc1ccc(C#N)cc1)C(=O)/C=C/c1cccnc1. The zero-order valence-corrected chi connectivity index (χ0v) is 13.1. The maximum atomic E-state index is 12.4. The van der Waals surface area contributed by atoms with Crippen molar-refractivity contribution < 1.29 is 4.79 Å². The Labute approximate surface area is 136 Å². The van der Waals surface area contributed by atoms with Crippen LogP contribution < -0.4 is 0 Å². The van der Waals surface area contributed by atoms with E-state index in [1.807, 2.05) is 31.2 Å². The molecule has 0 aliphatic rings. The van der Waals surface area contributed by atoms with E-state index in [0.717, 1.165) is 17.5 Å². The van der Waals surface area contributed by atoms with Crippen LogP contribution in [0.25, 0.3) is 6.08 Å². The van der Waals surface area contributed by atoms with Crippen LogP contribution in [0, 0.1) is 11.3 Å². The van der Waals surface area contributed by atoms with E-state index in [4.69, 9.17) is 5.26 Å². The van der Waals surface area contributed by atoms with Crippen LogP contribution in [0.3, 0.4) is 0 Å². The maximum absolute atomic E-state index is 12.4. The lowest BCUT2D eigenvalue weighted by Crippen LogP contribution is -2.29. The van der Waals surface area contributed by atoms with Gasteiger partial charge in [0.15, 0.2) is 0 Å². The Morgan fingerprint density at radius 1 is 1.30 bits per heavy atom. The fourth-order valence-corrected chi connectivity index (χ4v) is 2.19. The summed E-state index contributed by atoms with van der Waals surface area (Å²) >= 11 is 0. The molecule has 4 heteroatoms. The van der Waals surface area contributed by atoms with Crippen molar-refractivity contribution in [1.29, 1.82) is 5.26 Å². The van der Waals surface area contributed by atoms with E-state index in [9.17, 15) is 4.79 Å². The molecule has 2 rings (SSSR count). The molecule has 2 aromatic rings. The Balaban J connectivity index is 2.06. The third-order valence-corrected chi connectivity index (χ3v) is 3.36. The van der Waals surface area contributed by atoms with Crippen molar-refractivity contribution in [2.75, 3.05) is 6.54 Å². The smallest absolute Gasteiger partial charge is 0.246 e. The van der Waals surface area contributed by atoms with Gasteiger partial charge in [-0.05, 0) is 41.8 Å². The van der Waals surface area contributed by atoms with Gasteiger partial charge in [-0.25, -0.2) is 0 Å². The molecule has 116 valence electrons. The van der Waals surface area contributed by atoms with Gasteiger partial charge in [-0.2, -0.15) is 5.26 Å². The fourth-order valence-electron chi connectivity index (χ4n) is 2.19. The Morgan fingerprint density at radius 3 is 2.70 bits per heavy atom. The molecule has 0 atom stereocenters. The summed E-state index contributed by atoms with van der Waals surface area (Å²) in [6, 6.07) is 13.2. The average Bonchev–Trinajstić information content (AvgIpc) is 2.61. The third-order valence-electron chi connectivity index (χ3n) is 3.36. The van der Waals surface area contributed by atoms with Gasteiger partial charge in [0.1, 0.15) is 0 Å². The standard InChI is InChI=1S/C19H19N3O/c1-2-12-22(15-18-7-5-16(13-20)6-8-18)19(23)10-9-17-4-3-11-21-14-17/h3-11,14H,2,12,15H2,1H3/b10-9+. The minimum Gasteiger partial charge on any atom is -0.335 e. The van der Waals surface area contributed by atoms with Crippen LogP contribution in [0.1, 0.15) is 30.0 Å². The van der Waals surface area contributed by atoms with Crippen molar-refractivity contribution in [3.63, 3.8) is 0 Å². The monoisotopic (exact) mass is 305 g/mol. The first-order valence-electron chi connectivity index (χ1n) is 7.59. The second-order valence-electron chi connectivity index (χ2n) is 5.19. The number of hydrogen-bond donors (Lipinski definition) is 0. The lowest BCUT2D eigenvalue weighted by Gasteiger charge is -2.20. The lowest BCUT2D eigenvalue weighted by atomic mass is 10.1.